The average Bonchev–Trinajstić information content (AvgIpc) is 2.98. The highest BCUT2D eigenvalue weighted by molar-refractivity contribution is 4.86. The molecule has 2 aliphatic carbocycles. The largest absolute Gasteiger partial charge is 0.0651 e. The normalized spacial score (nSPS) is 41.5. The molecule has 0 nitrogen and oxygen atoms in total. The highest BCUT2D eigenvalue weighted by Crippen LogP contribution is 2.46. The van der Waals surface area contributed by atoms with Crippen LogP contribution in [0.1, 0.15) is 106 Å². The van der Waals surface area contributed by atoms with Gasteiger partial charge in [-0.25, -0.2) is 0 Å². The summed E-state index contributed by atoms with van der Waals surface area (Å²) in [7, 11) is 0. The van der Waals surface area contributed by atoms with Crippen LogP contribution in [0.25, 0.3) is 0 Å². The van der Waals surface area contributed by atoms with E-state index in [0.29, 0.717) is 0 Å². The van der Waals surface area contributed by atoms with E-state index in [1.165, 1.54) is 51.4 Å². The second-order valence-corrected chi connectivity index (χ2v) is 10.8. The molecule has 2 fully saturated rings. The van der Waals surface area contributed by atoms with Gasteiger partial charge in [0.2, 0.25) is 0 Å². The Labute approximate surface area is 159 Å². The van der Waals surface area contributed by atoms with Gasteiger partial charge in [-0.1, -0.05) is 74.1 Å². The van der Waals surface area contributed by atoms with E-state index in [1.807, 2.05) is 0 Å². The molecule has 2 saturated carbocycles. The third-order valence-corrected chi connectivity index (χ3v) is 8.58. The Morgan fingerprint density at radius 2 is 1.52 bits per heavy atom. The second kappa shape index (κ2) is 9.80. The van der Waals surface area contributed by atoms with Crippen LogP contribution in [-0.4, -0.2) is 0 Å². The number of rotatable bonds is 6. The van der Waals surface area contributed by atoms with E-state index < -0.39 is 0 Å². The summed E-state index contributed by atoms with van der Waals surface area (Å²) in [6, 6.07) is 0. The van der Waals surface area contributed by atoms with Crippen molar-refractivity contribution in [2.24, 2.45) is 53.3 Å². The molecule has 8 atom stereocenters. The Morgan fingerprint density at radius 1 is 0.840 bits per heavy atom. The average molecular weight is 349 g/mol. The molecular weight excluding hydrogens is 300 g/mol. The first-order valence-electron chi connectivity index (χ1n) is 11.8. The van der Waals surface area contributed by atoms with E-state index in [-0.39, 0.29) is 0 Å². The minimum Gasteiger partial charge on any atom is -0.0651 e. The fourth-order valence-electron chi connectivity index (χ4n) is 6.37. The van der Waals surface area contributed by atoms with Crippen LogP contribution >= 0.6 is 0 Å². The lowest BCUT2D eigenvalue weighted by atomic mass is 9.66. The lowest BCUT2D eigenvalue weighted by molar-refractivity contribution is 0.102. The molecule has 0 spiro atoms. The van der Waals surface area contributed by atoms with Crippen molar-refractivity contribution in [3.8, 4) is 0 Å². The minimum absolute atomic E-state index is 0.858. The van der Waals surface area contributed by atoms with Gasteiger partial charge in [0, 0.05) is 0 Å². The van der Waals surface area contributed by atoms with Crippen LogP contribution in [0.15, 0.2) is 0 Å². The number of hydrogen-bond acceptors (Lipinski definition) is 0. The van der Waals surface area contributed by atoms with E-state index in [1.54, 1.807) is 6.42 Å². The van der Waals surface area contributed by atoms with Gasteiger partial charge in [0.15, 0.2) is 0 Å². The molecule has 0 aromatic carbocycles. The van der Waals surface area contributed by atoms with E-state index in [2.05, 4.69) is 48.5 Å². The molecule has 0 N–H and O–H groups in total. The number of hydrogen-bond donors (Lipinski definition) is 0. The van der Waals surface area contributed by atoms with Crippen LogP contribution in [0, 0.1) is 53.3 Å². The van der Waals surface area contributed by atoms with Gasteiger partial charge >= 0.3 is 0 Å². The Bertz CT molecular complexity index is 370. The molecule has 0 heteroatoms. The minimum atomic E-state index is 0.858. The third kappa shape index (κ3) is 6.00. The first-order chi connectivity index (χ1) is 11.8. The topological polar surface area (TPSA) is 0 Å². The molecule has 148 valence electrons. The van der Waals surface area contributed by atoms with E-state index in [9.17, 15) is 0 Å². The Kier molecular flexibility index (Phi) is 8.35. The van der Waals surface area contributed by atoms with Gasteiger partial charge in [-0.15, -0.1) is 0 Å². The van der Waals surface area contributed by atoms with Gasteiger partial charge < -0.3 is 0 Å². The molecule has 2 rings (SSSR count). The molecule has 8 unspecified atom stereocenters. The molecule has 25 heavy (non-hydrogen) atoms. The van der Waals surface area contributed by atoms with Gasteiger partial charge in [0.05, 0.1) is 0 Å². The Balaban J connectivity index is 1.94. The van der Waals surface area contributed by atoms with Crippen LogP contribution < -0.4 is 0 Å². The van der Waals surface area contributed by atoms with Crippen molar-refractivity contribution < 1.29 is 0 Å². The molecule has 0 aromatic heterocycles. The summed E-state index contributed by atoms with van der Waals surface area (Å²) in [6.07, 6.45) is 13.4. The zero-order valence-electron chi connectivity index (χ0n) is 18.6. The SMILES string of the molecule is CCC1CCC(C)CC(C)C(CC2CCC(CC(C)C(C)C)C2)C1C. The van der Waals surface area contributed by atoms with Crippen LogP contribution in [-0.2, 0) is 0 Å². The fraction of sp³-hybridized carbons (Fsp3) is 1.00. The highest BCUT2D eigenvalue weighted by atomic mass is 14.4. The van der Waals surface area contributed by atoms with Crippen molar-refractivity contribution in [1.29, 1.82) is 0 Å². The van der Waals surface area contributed by atoms with Crippen LogP contribution in [0.4, 0.5) is 0 Å². The monoisotopic (exact) mass is 348 g/mol. The molecule has 2 aliphatic rings. The smallest absolute Gasteiger partial charge is 0.0357 e. The molecule has 0 amide bonds. The molecule has 0 aliphatic heterocycles. The molecule has 0 aromatic rings. The van der Waals surface area contributed by atoms with Crippen molar-refractivity contribution in [3.63, 3.8) is 0 Å². The van der Waals surface area contributed by atoms with E-state index in [4.69, 9.17) is 0 Å². The zero-order chi connectivity index (χ0) is 18.6. The summed E-state index contributed by atoms with van der Waals surface area (Å²) in [6.45, 7) is 17.4. The zero-order valence-corrected chi connectivity index (χ0v) is 18.6. The predicted molar refractivity (Wildman–Crippen MR) is 113 cm³/mol. The summed E-state index contributed by atoms with van der Waals surface area (Å²) in [4.78, 5) is 0. The molecular formula is C25H48. The summed E-state index contributed by atoms with van der Waals surface area (Å²) >= 11 is 0. The quantitative estimate of drug-likeness (QED) is 0.453. The summed E-state index contributed by atoms with van der Waals surface area (Å²) in [5, 5.41) is 0. The Morgan fingerprint density at radius 3 is 2.16 bits per heavy atom. The van der Waals surface area contributed by atoms with E-state index in [0.717, 1.165) is 53.3 Å². The van der Waals surface area contributed by atoms with Gasteiger partial charge in [0.25, 0.3) is 0 Å². The lowest BCUT2D eigenvalue weighted by Crippen LogP contribution is -2.31. The van der Waals surface area contributed by atoms with Gasteiger partial charge in [-0.2, -0.15) is 0 Å². The summed E-state index contributed by atoms with van der Waals surface area (Å²) in [5.41, 5.74) is 0. The summed E-state index contributed by atoms with van der Waals surface area (Å²) in [5.74, 6) is 8.63. The van der Waals surface area contributed by atoms with Gasteiger partial charge in [-0.3, -0.25) is 0 Å². The molecule has 0 radical (unpaired) electrons. The van der Waals surface area contributed by atoms with Gasteiger partial charge in [-0.05, 0) is 85.4 Å². The standard InChI is InChI=1S/C25H48/c1-8-24-12-9-18(4)13-20(6)25(21(24)7)16-23-11-10-22(15-23)14-19(5)17(2)3/h17-25H,8-16H2,1-7H3. The maximum absolute atomic E-state index is 2.61. The van der Waals surface area contributed by atoms with Crippen molar-refractivity contribution in [2.75, 3.05) is 0 Å². The first-order valence-corrected chi connectivity index (χ1v) is 11.8. The van der Waals surface area contributed by atoms with Crippen molar-refractivity contribution in [2.45, 2.75) is 106 Å². The molecule has 0 saturated heterocycles. The maximum Gasteiger partial charge on any atom is -0.0357 e. The molecule has 0 heterocycles. The predicted octanol–water partition coefficient (Wildman–Crippen LogP) is 8.21. The molecule has 0 bridgehead atoms. The third-order valence-electron chi connectivity index (χ3n) is 8.58. The van der Waals surface area contributed by atoms with E-state index >= 15 is 0 Å². The second-order valence-electron chi connectivity index (χ2n) is 10.8. The van der Waals surface area contributed by atoms with Crippen molar-refractivity contribution in [3.05, 3.63) is 0 Å². The van der Waals surface area contributed by atoms with Crippen LogP contribution in [0.3, 0.4) is 0 Å². The fourth-order valence-corrected chi connectivity index (χ4v) is 6.37. The van der Waals surface area contributed by atoms with Gasteiger partial charge in [0.1, 0.15) is 0 Å². The first kappa shape index (κ1) is 21.3. The Hall–Kier alpha value is 0. The van der Waals surface area contributed by atoms with Crippen LogP contribution in [0.2, 0.25) is 0 Å². The van der Waals surface area contributed by atoms with Crippen molar-refractivity contribution >= 4 is 0 Å². The maximum atomic E-state index is 2.61. The lowest BCUT2D eigenvalue weighted by Gasteiger charge is -2.40. The summed E-state index contributed by atoms with van der Waals surface area (Å²) < 4.78 is 0. The van der Waals surface area contributed by atoms with Crippen molar-refractivity contribution in [1.82, 2.24) is 0 Å². The highest BCUT2D eigenvalue weighted by Gasteiger charge is 2.36. The van der Waals surface area contributed by atoms with Crippen LogP contribution in [0.5, 0.6) is 0 Å².